The molecule has 0 spiro atoms. The van der Waals surface area contributed by atoms with Gasteiger partial charge in [-0.2, -0.15) is 0 Å². The number of carbonyl (C=O) groups excluding carboxylic acids is 1. The van der Waals surface area contributed by atoms with Gasteiger partial charge in [-0.1, -0.05) is 54.6 Å². The van der Waals surface area contributed by atoms with Crippen LogP contribution in [0.15, 0.2) is 72.8 Å². The van der Waals surface area contributed by atoms with Crippen molar-refractivity contribution in [2.24, 2.45) is 0 Å². The molecule has 0 bridgehead atoms. The lowest BCUT2D eigenvalue weighted by atomic mass is 10.1. The standard InChI is InChI=1S/C24H26N4O3/c1-27(2)17-21-11-7-6-10-20(21)16-26-24(29)19-12-13-22(23(14-19)28(30)31)25-15-18-8-4-3-5-9-18/h3-14,25H,15-17H2,1-2H3,(H,26,29). The Bertz CT molecular complexity index is 1050. The molecular formula is C24H26N4O3. The molecule has 0 aliphatic carbocycles. The predicted octanol–water partition coefficient (Wildman–Crippen LogP) is 4.20. The van der Waals surface area contributed by atoms with Crippen molar-refractivity contribution < 1.29 is 9.72 Å². The zero-order chi connectivity index (χ0) is 22.2. The summed E-state index contributed by atoms with van der Waals surface area (Å²) in [6.45, 7) is 1.57. The number of carbonyl (C=O) groups is 1. The highest BCUT2D eigenvalue weighted by Gasteiger charge is 2.18. The van der Waals surface area contributed by atoms with E-state index in [4.69, 9.17) is 0 Å². The minimum atomic E-state index is -0.476. The highest BCUT2D eigenvalue weighted by Crippen LogP contribution is 2.26. The van der Waals surface area contributed by atoms with E-state index in [9.17, 15) is 14.9 Å². The second-order valence-corrected chi connectivity index (χ2v) is 7.52. The maximum Gasteiger partial charge on any atom is 0.293 e. The van der Waals surface area contributed by atoms with Crippen molar-refractivity contribution in [3.8, 4) is 0 Å². The number of nitrogens with zero attached hydrogens (tertiary/aromatic N) is 2. The number of amides is 1. The van der Waals surface area contributed by atoms with Crippen LogP contribution in [0.3, 0.4) is 0 Å². The molecular weight excluding hydrogens is 392 g/mol. The molecule has 0 aliphatic rings. The van der Waals surface area contributed by atoms with Gasteiger partial charge in [0, 0.05) is 31.3 Å². The van der Waals surface area contributed by atoms with Crippen LogP contribution in [0.25, 0.3) is 0 Å². The normalized spacial score (nSPS) is 10.7. The van der Waals surface area contributed by atoms with E-state index >= 15 is 0 Å². The fourth-order valence-electron chi connectivity index (χ4n) is 3.27. The van der Waals surface area contributed by atoms with Crippen LogP contribution in [0.5, 0.6) is 0 Å². The van der Waals surface area contributed by atoms with E-state index in [1.807, 2.05) is 68.7 Å². The smallest absolute Gasteiger partial charge is 0.293 e. The Kier molecular flexibility index (Phi) is 7.35. The maximum atomic E-state index is 12.7. The number of hydrogen-bond donors (Lipinski definition) is 2. The molecule has 3 aromatic rings. The summed E-state index contributed by atoms with van der Waals surface area (Å²) in [6, 6.07) is 22.0. The predicted molar refractivity (Wildman–Crippen MR) is 122 cm³/mol. The van der Waals surface area contributed by atoms with Gasteiger partial charge in [-0.25, -0.2) is 0 Å². The lowest BCUT2D eigenvalue weighted by Gasteiger charge is -2.15. The molecule has 160 valence electrons. The van der Waals surface area contributed by atoms with Crippen molar-refractivity contribution in [3.05, 3.63) is 105 Å². The van der Waals surface area contributed by atoms with Crippen LogP contribution in [0.1, 0.15) is 27.0 Å². The summed E-state index contributed by atoms with van der Waals surface area (Å²) in [4.78, 5) is 25.8. The van der Waals surface area contributed by atoms with Crippen molar-refractivity contribution in [2.75, 3.05) is 19.4 Å². The Morgan fingerprint density at radius 3 is 2.29 bits per heavy atom. The Labute approximate surface area is 181 Å². The largest absolute Gasteiger partial charge is 0.375 e. The Balaban J connectivity index is 1.70. The lowest BCUT2D eigenvalue weighted by molar-refractivity contribution is -0.384. The zero-order valence-corrected chi connectivity index (χ0v) is 17.7. The molecule has 1 amide bonds. The van der Waals surface area contributed by atoms with E-state index in [0.29, 0.717) is 18.8 Å². The molecule has 0 saturated carbocycles. The monoisotopic (exact) mass is 418 g/mol. The van der Waals surface area contributed by atoms with E-state index in [-0.39, 0.29) is 17.2 Å². The fourth-order valence-corrected chi connectivity index (χ4v) is 3.27. The molecule has 7 nitrogen and oxygen atoms in total. The minimum absolute atomic E-state index is 0.128. The fraction of sp³-hybridized carbons (Fsp3) is 0.208. The van der Waals surface area contributed by atoms with Crippen molar-refractivity contribution in [3.63, 3.8) is 0 Å². The Morgan fingerprint density at radius 1 is 0.935 bits per heavy atom. The van der Waals surface area contributed by atoms with Crippen LogP contribution in [0, 0.1) is 10.1 Å². The Morgan fingerprint density at radius 2 is 1.61 bits per heavy atom. The van der Waals surface area contributed by atoms with Gasteiger partial charge in [-0.05, 0) is 42.9 Å². The summed E-state index contributed by atoms with van der Waals surface area (Å²) in [5.41, 5.74) is 3.65. The summed E-state index contributed by atoms with van der Waals surface area (Å²) in [7, 11) is 3.98. The van der Waals surface area contributed by atoms with E-state index in [1.165, 1.54) is 6.07 Å². The second-order valence-electron chi connectivity index (χ2n) is 7.52. The highest BCUT2D eigenvalue weighted by atomic mass is 16.6. The molecule has 0 radical (unpaired) electrons. The molecule has 0 fully saturated rings. The molecule has 7 heteroatoms. The minimum Gasteiger partial charge on any atom is -0.375 e. The van der Waals surface area contributed by atoms with E-state index in [2.05, 4.69) is 15.5 Å². The summed E-state index contributed by atoms with van der Waals surface area (Å²) in [5, 5.41) is 17.5. The first kappa shape index (κ1) is 22.0. The van der Waals surface area contributed by atoms with Gasteiger partial charge >= 0.3 is 0 Å². The first-order valence-electron chi connectivity index (χ1n) is 10.00. The number of benzene rings is 3. The van der Waals surface area contributed by atoms with Crippen molar-refractivity contribution >= 4 is 17.3 Å². The van der Waals surface area contributed by atoms with Crippen molar-refractivity contribution in [2.45, 2.75) is 19.6 Å². The van der Waals surface area contributed by atoms with Crippen LogP contribution < -0.4 is 10.6 Å². The molecule has 0 heterocycles. The SMILES string of the molecule is CN(C)Cc1ccccc1CNC(=O)c1ccc(NCc2ccccc2)c([N+](=O)[O-])c1. The van der Waals surface area contributed by atoms with E-state index < -0.39 is 4.92 Å². The summed E-state index contributed by atoms with van der Waals surface area (Å²) < 4.78 is 0. The quantitative estimate of drug-likeness (QED) is 0.402. The molecule has 0 unspecified atom stereocenters. The average Bonchev–Trinajstić information content (AvgIpc) is 2.77. The number of nitro groups is 1. The van der Waals surface area contributed by atoms with Gasteiger partial charge in [0.15, 0.2) is 0 Å². The van der Waals surface area contributed by atoms with Gasteiger partial charge in [0.05, 0.1) is 4.92 Å². The molecule has 0 saturated heterocycles. The second kappa shape index (κ2) is 10.4. The molecule has 0 atom stereocenters. The first-order valence-corrected chi connectivity index (χ1v) is 10.00. The maximum absolute atomic E-state index is 12.7. The number of hydrogen-bond acceptors (Lipinski definition) is 5. The zero-order valence-electron chi connectivity index (χ0n) is 17.7. The van der Waals surface area contributed by atoms with Gasteiger partial charge in [0.1, 0.15) is 5.69 Å². The molecule has 3 aromatic carbocycles. The van der Waals surface area contributed by atoms with Crippen LogP contribution in [0.4, 0.5) is 11.4 Å². The average molecular weight is 418 g/mol. The van der Waals surface area contributed by atoms with Crippen LogP contribution in [0.2, 0.25) is 0 Å². The Hall–Kier alpha value is -3.71. The molecule has 0 aromatic heterocycles. The molecule has 2 N–H and O–H groups in total. The van der Waals surface area contributed by atoms with E-state index in [1.54, 1.807) is 12.1 Å². The number of rotatable bonds is 9. The van der Waals surface area contributed by atoms with Crippen LogP contribution >= 0.6 is 0 Å². The highest BCUT2D eigenvalue weighted by molar-refractivity contribution is 5.95. The van der Waals surface area contributed by atoms with Gasteiger partial charge < -0.3 is 15.5 Å². The lowest BCUT2D eigenvalue weighted by Crippen LogP contribution is -2.24. The van der Waals surface area contributed by atoms with Crippen molar-refractivity contribution in [1.29, 1.82) is 0 Å². The third kappa shape index (κ3) is 6.13. The van der Waals surface area contributed by atoms with Gasteiger partial charge in [0.2, 0.25) is 0 Å². The summed E-state index contributed by atoms with van der Waals surface area (Å²) in [6.07, 6.45) is 0. The van der Waals surface area contributed by atoms with Gasteiger partial charge in [0.25, 0.3) is 11.6 Å². The number of anilines is 1. The number of nitro benzene ring substituents is 1. The topological polar surface area (TPSA) is 87.5 Å². The summed E-state index contributed by atoms with van der Waals surface area (Å²) in [5.74, 6) is -0.350. The summed E-state index contributed by atoms with van der Waals surface area (Å²) >= 11 is 0. The van der Waals surface area contributed by atoms with Crippen LogP contribution in [-0.4, -0.2) is 29.8 Å². The molecule has 0 aliphatic heterocycles. The van der Waals surface area contributed by atoms with Gasteiger partial charge in [-0.15, -0.1) is 0 Å². The third-order valence-corrected chi connectivity index (χ3v) is 4.83. The van der Waals surface area contributed by atoms with Crippen LogP contribution in [-0.2, 0) is 19.6 Å². The third-order valence-electron chi connectivity index (χ3n) is 4.83. The van der Waals surface area contributed by atoms with Crippen molar-refractivity contribution in [1.82, 2.24) is 10.2 Å². The van der Waals surface area contributed by atoms with E-state index in [0.717, 1.165) is 23.2 Å². The first-order chi connectivity index (χ1) is 14.9. The molecule has 3 rings (SSSR count). The van der Waals surface area contributed by atoms with Gasteiger partial charge in [-0.3, -0.25) is 14.9 Å². The number of nitrogens with one attached hydrogen (secondary N) is 2. The molecule has 31 heavy (non-hydrogen) atoms.